The van der Waals surface area contributed by atoms with E-state index in [1.54, 1.807) is 32.4 Å². The van der Waals surface area contributed by atoms with Crippen LogP contribution in [-0.4, -0.2) is 57.1 Å². The second kappa shape index (κ2) is 9.46. The van der Waals surface area contributed by atoms with E-state index < -0.39 is 0 Å². The molecule has 2 aromatic carbocycles. The van der Waals surface area contributed by atoms with Gasteiger partial charge < -0.3 is 19.3 Å². The van der Waals surface area contributed by atoms with E-state index in [2.05, 4.69) is 0 Å². The lowest BCUT2D eigenvalue weighted by molar-refractivity contribution is 0.0731. The molecule has 0 saturated heterocycles. The lowest BCUT2D eigenvalue weighted by Gasteiger charge is -2.25. The summed E-state index contributed by atoms with van der Waals surface area (Å²) in [5.41, 5.74) is 1.56. The standard InChI is InChI=1S/C20H25ClN2O3/c1-22(2)9-10-23(14-15-5-7-17(21)8-6-15)20(24)16-11-18(25-3)13-19(12-16)26-4/h5-8,11-13H,9-10,14H2,1-4H3. The van der Waals surface area contributed by atoms with Gasteiger partial charge in [-0.3, -0.25) is 4.79 Å². The first-order valence-electron chi connectivity index (χ1n) is 8.34. The van der Waals surface area contributed by atoms with Gasteiger partial charge in [-0.05, 0) is 43.9 Å². The van der Waals surface area contributed by atoms with Gasteiger partial charge in [-0.2, -0.15) is 0 Å². The third-order valence-corrected chi connectivity index (χ3v) is 4.24. The molecule has 140 valence electrons. The lowest BCUT2D eigenvalue weighted by atomic mass is 10.1. The maximum Gasteiger partial charge on any atom is 0.254 e. The molecule has 5 nitrogen and oxygen atoms in total. The van der Waals surface area contributed by atoms with Crippen LogP contribution in [0.3, 0.4) is 0 Å². The summed E-state index contributed by atoms with van der Waals surface area (Å²) in [6, 6.07) is 12.7. The summed E-state index contributed by atoms with van der Waals surface area (Å²) in [6.45, 7) is 1.87. The number of benzene rings is 2. The molecule has 0 fully saturated rings. The van der Waals surface area contributed by atoms with Crippen LogP contribution in [0.2, 0.25) is 5.02 Å². The second-order valence-electron chi connectivity index (χ2n) is 6.26. The maximum atomic E-state index is 13.1. The van der Waals surface area contributed by atoms with Crippen molar-refractivity contribution in [3.63, 3.8) is 0 Å². The zero-order valence-corrected chi connectivity index (χ0v) is 16.4. The molecular weight excluding hydrogens is 352 g/mol. The Morgan fingerprint density at radius 1 is 0.962 bits per heavy atom. The second-order valence-corrected chi connectivity index (χ2v) is 6.69. The van der Waals surface area contributed by atoms with E-state index in [4.69, 9.17) is 21.1 Å². The molecule has 0 aliphatic carbocycles. The van der Waals surface area contributed by atoms with Gasteiger partial charge in [-0.1, -0.05) is 23.7 Å². The molecule has 6 heteroatoms. The monoisotopic (exact) mass is 376 g/mol. The van der Waals surface area contributed by atoms with E-state index in [-0.39, 0.29) is 5.91 Å². The minimum Gasteiger partial charge on any atom is -0.497 e. The molecule has 0 heterocycles. The van der Waals surface area contributed by atoms with Crippen molar-refractivity contribution >= 4 is 17.5 Å². The fourth-order valence-electron chi connectivity index (χ4n) is 2.50. The first-order chi connectivity index (χ1) is 12.4. The van der Waals surface area contributed by atoms with E-state index in [1.807, 2.05) is 48.2 Å². The van der Waals surface area contributed by atoms with Crippen molar-refractivity contribution in [1.82, 2.24) is 9.80 Å². The van der Waals surface area contributed by atoms with Crippen LogP contribution in [0.25, 0.3) is 0 Å². The van der Waals surface area contributed by atoms with Crippen LogP contribution < -0.4 is 9.47 Å². The molecule has 26 heavy (non-hydrogen) atoms. The Morgan fingerprint density at radius 2 is 1.54 bits per heavy atom. The number of rotatable bonds is 8. The Labute approximate surface area is 160 Å². The van der Waals surface area contributed by atoms with Crippen molar-refractivity contribution in [2.75, 3.05) is 41.4 Å². The zero-order chi connectivity index (χ0) is 19.1. The van der Waals surface area contributed by atoms with Gasteiger partial charge in [-0.25, -0.2) is 0 Å². The third-order valence-electron chi connectivity index (χ3n) is 3.99. The van der Waals surface area contributed by atoms with Crippen molar-refractivity contribution in [3.8, 4) is 11.5 Å². The van der Waals surface area contributed by atoms with Crippen LogP contribution >= 0.6 is 11.6 Å². The third kappa shape index (κ3) is 5.64. The first kappa shape index (κ1) is 20.1. The highest BCUT2D eigenvalue weighted by Gasteiger charge is 2.18. The van der Waals surface area contributed by atoms with Gasteiger partial charge in [0.15, 0.2) is 0 Å². The topological polar surface area (TPSA) is 42.0 Å². The minimum absolute atomic E-state index is 0.0704. The van der Waals surface area contributed by atoms with Crippen molar-refractivity contribution < 1.29 is 14.3 Å². The van der Waals surface area contributed by atoms with Gasteiger partial charge in [0.25, 0.3) is 5.91 Å². The Hall–Kier alpha value is -2.24. The number of methoxy groups -OCH3 is 2. The number of halogens is 1. The molecule has 0 bridgehead atoms. The summed E-state index contributed by atoms with van der Waals surface area (Å²) < 4.78 is 10.6. The summed E-state index contributed by atoms with van der Waals surface area (Å²) >= 11 is 5.96. The predicted molar refractivity (Wildman–Crippen MR) is 104 cm³/mol. The Kier molecular flexibility index (Phi) is 7.30. The van der Waals surface area contributed by atoms with Gasteiger partial charge in [0.2, 0.25) is 0 Å². The van der Waals surface area contributed by atoms with Crippen molar-refractivity contribution in [2.24, 2.45) is 0 Å². The van der Waals surface area contributed by atoms with E-state index in [0.29, 0.717) is 35.2 Å². The van der Waals surface area contributed by atoms with E-state index >= 15 is 0 Å². The zero-order valence-electron chi connectivity index (χ0n) is 15.7. The summed E-state index contributed by atoms with van der Waals surface area (Å²) in [5, 5.41) is 0.678. The minimum atomic E-state index is -0.0704. The van der Waals surface area contributed by atoms with Crippen LogP contribution in [0.4, 0.5) is 0 Å². The highest BCUT2D eigenvalue weighted by molar-refractivity contribution is 6.30. The lowest BCUT2D eigenvalue weighted by Crippen LogP contribution is -2.36. The highest BCUT2D eigenvalue weighted by atomic mass is 35.5. The smallest absolute Gasteiger partial charge is 0.254 e. The van der Waals surface area contributed by atoms with Gasteiger partial charge >= 0.3 is 0 Å². The Balaban J connectivity index is 2.28. The number of carbonyl (C=O) groups is 1. The molecule has 0 unspecified atom stereocenters. The Bertz CT molecular complexity index is 710. The molecule has 0 radical (unpaired) electrons. The molecule has 2 aromatic rings. The average molecular weight is 377 g/mol. The van der Waals surface area contributed by atoms with Crippen molar-refractivity contribution in [3.05, 3.63) is 58.6 Å². The number of amides is 1. The Morgan fingerprint density at radius 3 is 2.04 bits per heavy atom. The highest BCUT2D eigenvalue weighted by Crippen LogP contribution is 2.24. The SMILES string of the molecule is COc1cc(OC)cc(C(=O)N(CCN(C)C)Cc2ccc(Cl)cc2)c1. The summed E-state index contributed by atoms with van der Waals surface area (Å²) in [7, 11) is 7.11. The van der Waals surface area contributed by atoms with E-state index in [9.17, 15) is 4.79 Å². The molecular formula is C20H25ClN2O3. The fourth-order valence-corrected chi connectivity index (χ4v) is 2.62. The first-order valence-corrected chi connectivity index (χ1v) is 8.72. The van der Waals surface area contributed by atoms with Gasteiger partial charge in [0.05, 0.1) is 14.2 Å². The van der Waals surface area contributed by atoms with Crippen LogP contribution in [0, 0.1) is 0 Å². The number of hydrogen-bond donors (Lipinski definition) is 0. The number of hydrogen-bond acceptors (Lipinski definition) is 4. The molecule has 0 N–H and O–H groups in total. The molecule has 0 atom stereocenters. The summed E-state index contributed by atoms with van der Waals surface area (Å²) in [4.78, 5) is 17.0. The number of likely N-dealkylation sites (N-methyl/N-ethyl adjacent to an activating group) is 1. The van der Waals surface area contributed by atoms with Crippen LogP contribution in [0.1, 0.15) is 15.9 Å². The van der Waals surface area contributed by atoms with E-state index in [0.717, 1.165) is 12.1 Å². The molecule has 1 amide bonds. The average Bonchev–Trinajstić information content (AvgIpc) is 2.65. The summed E-state index contributed by atoms with van der Waals surface area (Å²) in [5.74, 6) is 1.11. The van der Waals surface area contributed by atoms with Crippen LogP contribution in [0.15, 0.2) is 42.5 Å². The number of carbonyl (C=O) groups excluding carboxylic acids is 1. The van der Waals surface area contributed by atoms with Crippen LogP contribution in [0.5, 0.6) is 11.5 Å². The van der Waals surface area contributed by atoms with Gasteiger partial charge in [0, 0.05) is 36.3 Å². The molecule has 0 saturated carbocycles. The molecule has 0 aliphatic heterocycles. The number of ether oxygens (including phenoxy) is 2. The quantitative estimate of drug-likeness (QED) is 0.706. The molecule has 2 rings (SSSR count). The van der Waals surface area contributed by atoms with Crippen molar-refractivity contribution in [2.45, 2.75) is 6.54 Å². The molecule has 0 aromatic heterocycles. The molecule has 0 aliphatic rings. The normalized spacial score (nSPS) is 10.7. The fraction of sp³-hybridized carbons (Fsp3) is 0.350. The van der Waals surface area contributed by atoms with Crippen molar-refractivity contribution in [1.29, 1.82) is 0 Å². The van der Waals surface area contributed by atoms with Gasteiger partial charge in [0.1, 0.15) is 11.5 Å². The van der Waals surface area contributed by atoms with E-state index in [1.165, 1.54) is 0 Å². The number of nitrogens with zero attached hydrogens (tertiary/aromatic N) is 2. The van der Waals surface area contributed by atoms with Crippen LogP contribution in [-0.2, 0) is 6.54 Å². The maximum absolute atomic E-state index is 13.1. The predicted octanol–water partition coefficient (Wildman–Crippen LogP) is 3.56. The summed E-state index contributed by atoms with van der Waals surface area (Å²) in [6.07, 6.45) is 0. The molecule has 0 spiro atoms. The van der Waals surface area contributed by atoms with Gasteiger partial charge in [-0.15, -0.1) is 0 Å². The largest absolute Gasteiger partial charge is 0.497 e.